The normalized spacial score (nSPS) is 17.9. The van der Waals surface area contributed by atoms with Gasteiger partial charge in [0.2, 0.25) is 21.8 Å². The second-order valence-corrected chi connectivity index (χ2v) is 9.68. The molecule has 2 amide bonds. The number of piperidine rings is 1. The molecule has 1 aromatic carbocycles. The van der Waals surface area contributed by atoms with Crippen LogP contribution in [0.15, 0.2) is 35.2 Å². The summed E-state index contributed by atoms with van der Waals surface area (Å²) in [5, 5.41) is 2.71. The molecule has 1 aliphatic carbocycles. The largest absolute Gasteiger partial charge is 0.383 e. The fourth-order valence-electron chi connectivity index (χ4n) is 3.86. The molecule has 0 spiro atoms. The van der Waals surface area contributed by atoms with Gasteiger partial charge < -0.3 is 15.0 Å². The van der Waals surface area contributed by atoms with Crippen molar-refractivity contribution >= 4 is 21.8 Å². The Bertz CT molecular complexity index is 818. The Balaban J connectivity index is 1.52. The first-order valence-corrected chi connectivity index (χ1v) is 12.0. The van der Waals surface area contributed by atoms with Gasteiger partial charge in [-0.2, -0.15) is 4.31 Å². The first-order valence-electron chi connectivity index (χ1n) is 10.6. The van der Waals surface area contributed by atoms with Crippen LogP contribution in [0.3, 0.4) is 0 Å². The van der Waals surface area contributed by atoms with Crippen LogP contribution in [-0.4, -0.2) is 74.9 Å². The lowest BCUT2D eigenvalue weighted by molar-refractivity contribution is -0.134. The first kappa shape index (κ1) is 22.7. The van der Waals surface area contributed by atoms with E-state index in [9.17, 15) is 18.0 Å². The minimum absolute atomic E-state index is 0.0563. The van der Waals surface area contributed by atoms with E-state index in [4.69, 9.17) is 4.74 Å². The molecule has 2 fully saturated rings. The first-order chi connectivity index (χ1) is 14.4. The number of methoxy groups -OCH3 is 1. The van der Waals surface area contributed by atoms with Crippen molar-refractivity contribution in [2.45, 2.75) is 55.5 Å². The molecule has 8 nitrogen and oxygen atoms in total. The predicted octanol–water partition coefficient (Wildman–Crippen LogP) is 1.37. The summed E-state index contributed by atoms with van der Waals surface area (Å²) < 4.78 is 33.0. The van der Waals surface area contributed by atoms with Crippen molar-refractivity contribution in [3.05, 3.63) is 30.3 Å². The van der Waals surface area contributed by atoms with Crippen LogP contribution < -0.4 is 5.32 Å². The standard InChI is InChI=1S/C21H31N3O5S/c1-29-16-13-22-20(25)9-10-21(26)23-14-11-18(12-15-23)24(17-7-8-17)30(27,28)19-5-3-2-4-6-19/h2-6,17-18H,7-16H2,1H3,(H,22,25). The van der Waals surface area contributed by atoms with E-state index in [1.807, 2.05) is 6.07 Å². The van der Waals surface area contributed by atoms with E-state index in [-0.39, 0.29) is 36.7 Å². The number of sulfonamides is 1. The Labute approximate surface area is 178 Å². The molecule has 30 heavy (non-hydrogen) atoms. The van der Waals surface area contributed by atoms with Crippen LogP contribution in [0.2, 0.25) is 0 Å². The fourth-order valence-corrected chi connectivity index (χ4v) is 5.81. The summed E-state index contributed by atoms with van der Waals surface area (Å²) in [6, 6.07) is 8.54. The molecular formula is C21H31N3O5S. The molecule has 1 aliphatic heterocycles. The number of amides is 2. The minimum atomic E-state index is -3.54. The molecule has 0 bridgehead atoms. The van der Waals surface area contributed by atoms with Crippen LogP contribution >= 0.6 is 0 Å². The third-order valence-corrected chi connectivity index (χ3v) is 7.62. The highest BCUT2D eigenvalue weighted by molar-refractivity contribution is 7.89. The van der Waals surface area contributed by atoms with Crippen LogP contribution in [-0.2, 0) is 24.3 Å². The van der Waals surface area contributed by atoms with E-state index in [0.717, 1.165) is 12.8 Å². The van der Waals surface area contributed by atoms with Crippen LogP contribution in [0.4, 0.5) is 0 Å². The van der Waals surface area contributed by atoms with Gasteiger partial charge in [0.05, 0.1) is 11.5 Å². The summed E-state index contributed by atoms with van der Waals surface area (Å²) in [7, 11) is -1.98. The molecule has 1 N–H and O–H groups in total. The highest BCUT2D eigenvalue weighted by Gasteiger charge is 2.43. The lowest BCUT2D eigenvalue weighted by atomic mass is 10.0. The molecule has 1 aromatic rings. The third-order valence-electron chi connectivity index (χ3n) is 5.60. The van der Waals surface area contributed by atoms with Gasteiger partial charge in [0.1, 0.15) is 0 Å². The topological polar surface area (TPSA) is 96.0 Å². The molecule has 0 aromatic heterocycles. The number of nitrogens with zero attached hydrogens (tertiary/aromatic N) is 2. The van der Waals surface area contributed by atoms with E-state index in [2.05, 4.69) is 5.32 Å². The summed E-state index contributed by atoms with van der Waals surface area (Å²) >= 11 is 0. The predicted molar refractivity (Wildman–Crippen MR) is 112 cm³/mol. The Morgan fingerprint density at radius 1 is 1.07 bits per heavy atom. The Kier molecular flexibility index (Phi) is 7.85. The number of hydrogen-bond acceptors (Lipinski definition) is 5. The average molecular weight is 438 g/mol. The molecule has 2 aliphatic rings. The Morgan fingerprint density at radius 3 is 2.30 bits per heavy atom. The average Bonchev–Trinajstić information content (AvgIpc) is 3.58. The highest BCUT2D eigenvalue weighted by atomic mass is 32.2. The number of nitrogens with one attached hydrogen (secondary N) is 1. The lowest BCUT2D eigenvalue weighted by Gasteiger charge is -2.38. The molecular weight excluding hydrogens is 406 g/mol. The second kappa shape index (κ2) is 10.4. The number of rotatable bonds is 10. The zero-order valence-electron chi connectivity index (χ0n) is 17.5. The maximum atomic E-state index is 13.2. The molecule has 0 unspecified atom stereocenters. The van der Waals surface area contributed by atoms with E-state index < -0.39 is 10.0 Å². The molecule has 3 rings (SSSR count). The SMILES string of the molecule is COCCNC(=O)CCC(=O)N1CCC(N(C2CC2)S(=O)(=O)c2ccccc2)CC1. The van der Waals surface area contributed by atoms with Gasteiger partial charge in [-0.15, -0.1) is 0 Å². The molecule has 1 heterocycles. The second-order valence-electron chi connectivity index (χ2n) is 7.83. The molecule has 1 saturated heterocycles. The number of carbonyl (C=O) groups is 2. The van der Waals surface area contributed by atoms with Crippen molar-refractivity contribution in [1.29, 1.82) is 0 Å². The third kappa shape index (κ3) is 5.80. The summed E-state index contributed by atoms with van der Waals surface area (Å²) in [6.45, 7) is 1.91. The highest BCUT2D eigenvalue weighted by Crippen LogP contribution is 2.36. The molecule has 9 heteroatoms. The number of ether oxygens (including phenoxy) is 1. The van der Waals surface area contributed by atoms with Crippen LogP contribution in [0.1, 0.15) is 38.5 Å². The molecule has 1 saturated carbocycles. The van der Waals surface area contributed by atoms with Gasteiger partial charge in [0.25, 0.3) is 0 Å². The van der Waals surface area contributed by atoms with Crippen LogP contribution in [0.5, 0.6) is 0 Å². The number of benzene rings is 1. The number of hydrogen-bond donors (Lipinski definition) is 1. The van der Waals surface area contributed by atoms with Gasteiger partial charge in [-0.3, -0.25) is 9.59 Å². The minimum Gasteiger partial charge on any atom is -0.383 e. The summed E-state index contributed by atoms with van der Waals surface area (Å²) in [5.74, 6) is -0.219. The number of carbonyl (C=O) groups excluding carboxylic acids is 2. The van der Waals surface area contributed by atoms with E-state index in [1.165, 1.54) is 0 Å². The quantitative estimate of drug-likeness (QED) is 0.558. The molecule has 0 atom stereocenters. The van der Waals surface area contributed by atoms with Crippen LogP contribution in [0.25, 0.3) is 0 Å². The fraction of sp³-hybridized carbons (Fsp3) is 0.619. The van der Waals surface area contributed by atoms with Gasteiger partial charge in [0, 0.05) is 51.7 Å². The maximum Gasteiger partial charge on any atom is 0.243 e. The Hall–Kier alpha value is -1.97. The smallest absolute Gasteiger partial charge is 0.243 e. The van der Waals surface area contributed by atoms with E-state index >= 15 is 0 Å². The van der Waals surface area contributed by atoms with Crippen molar-refractivity contribution in [3.63, 3.8) is 0 Å². The summed E-state index contributed by atoms with van der Waals surface area (Å²) in [6.07, 6.45) is 3.34. The van der Waals surface area contributed by atoms with Crippen molar-refractivity contribution in [1.82, 2.24) is 14.5 Å². The van der Waals surface area contributed by atoms with Gasteiger partial charge in [0.15, 0.2) is 0 Å². The zero-order valence-corrected chi connectivity index (χ0v) is 18.3. The van der Waals surface area contributed by atoms with Crippen molar-refractivity contribution in [2.75, 3.05) is 33.4 Å². The van der Waals surface area contributed by atoms with E-state index in [1.54, 1.807) is 40.6 Å². The summed E-state index contributed by atoms with van der Waals surface area (Å²) in [5.41, 5.74) is 0. The maximum absolute atomic E-state index is 13.2. The van der Waals surface area contributed by atoms with Crippen molar-refractivity contribution in [2.24, 2.45) is 0 Å². The Morgan fingerprint density at radius 2 is 1.70 bits per heavy atom. The van der Waals surface area contributed by atoms with Gasteiger partial charge in [-0.05, 0) is 37.8 Å². The van der Waals surface area contributed by atoms with Crippen molar-refractivity contribution < 1.29 is 22.7 Å². The van der Waals surface area contributed by atoms with Crippen molar-refractivity contribution in [3.8, 4) is 0 Å². The lowest BCUT2D eigenvalue weighted by Crippen LogP contribution is -2.49. The van der Waals surface area contributed by atoms with Gasteiger partial charge >= 0.3 is 0 Å². The van der Waals surface area contributed by atoms with Crippen LogP contribution in [0, 0.1) is 0 Å². The van der Waals surface area contributed by atoms with E-state index in [0.29, 0.717) is 44.0 Å². The van der Waals surface area contributed by atoms with Gasteiger partial charge in [-0.25, -0.2) is 8.42 Å². The molecule has 0 radical (unpaired) electrons. The number of likely N-dealkylation sites (tertiary alicyclic amines) is 1. The monoisotopic (exact) mass is 437 g/mol. The summed E-state index contributed by atoms with van der Waals surface area (Å²) in [4.78, 5) is 26.3. The van der Waals surface area contributed by atoms with Gasteiger partial charge in [-0.1, -0.05) is 18.2 Å². The zero-order chi connectivity index (χ0) is 21.6. The molecule has 166 valence electrons.